The Kier molecular flexibility index (Phi) is 4.84. The lowest BCUT2D eigenvalue weighted by molar-refractivity contribution is -0.384. The maximum Gasteiger partial charge on any atom is 0.270 e. The number of nitrogens with zero attached hydrogens (tertiary/aromatic N) is 2. The number of anilines is 1. The van der Waals surface area contributed by atoms with E-state index in [9.17, 15) is 18.5 Å². The lowest BCUT2D eigenvalue weighted by Gasteiger charge is -2.38. The molecule has 0 aromatic heterocycles. The van der Waals surface area contributed by atoms with E-state index in [4.69, 9.17) is 0 Å². The normalized spacial score (nSPS) is 16.5. The molecule has 0 unspecified atom stereocenters. The highest BCUT2D eigenvalue weighted by Crippen LogP contribution is 2.28. The minimum Gasteiger partial charge on any atom is -0.384 e. The zero-order valence-electron chi connectivity index (χ0n) is 11.5. The van der Waals surface area contributed by atoms with Crippen LogP contribution in [0.3, 0.4) is 0 Å². The van der Waals surface area contributed by atoms with E-state index in [2.05, 4.69) is 21.2 Å². The Morgan fingerprint density at radius 1 is 1.48 bits per heavy atom. The first kappa shape index (κ1) is 16.2. The van der Waals surface area contributed by atoms with Crippen LogP contribution in [0, 0.1) is 16.0 Å². The average molecular weight is 378 g/mol. The predicted molar refractivity (Wildman–Crippen MR) is 83.8 cm³/mol. The quantitative estimate of drug-likeness (QED) is 0.604. The molecule has 7 nitrogen and oxygen atoms in total. The number of rotatable bonds is 6. The molecule has 0 saturated carbocycles. The summed E-state index contributed by atoms with van der Waals surface area (Å²) in [5, 5.41) is 13.8. The first-order chi connectivity index (χ1) is 9.83. The first-order valence-electron chi connectivity index (χ1n) is 6.49. The SMILES string of the molecule is CCS(=O)(=O)N1CC(CNc2ccc([N+](=O)[O-])cc2Br)C1. The lowest BCUT2D eigenvalue weighted by atomic mass is 10.0. The largest absolute Gasteiger partial charge is 0.384 e. The highest BCUT2D eigenvalue weighted by Gasteiger charge is 2.34. The molecule has 0 atom stereocenters. The minimum absolute atomic E-state index is 0.0243. The summed E-state index contributed by atoms with van der Waals surface area (Å²) >= 11 is 3.29. The van der Waals surface area contributed by atoms with E-state index in [-0.39, 0.29) is 17.4 Å². The van der Waals surface area contributed by atoms with E-state index < -0.39 is 14.9 Å². The van der Waals surface area contributed by atoms with Crippen LogP contribution in [-0.4, -0.2) is 43.0 Å². The van der Waals surface area contributed by atoms with Crippen LogP contribution in [-0.2, 0) is 10.0 Å². The van der Waals surface area contributed by atoms with Gasteiger partial charge in [0.05, 0.1) is 10.7 Å². The highest BCUT2D eigenvalue weighted by atomic mass is 79.9. The van der Waals surface area contributed by atoms with E-state index in [1.807, 2.05) is 0 Å². The molecule has 1 aromatic carbocycles. The third kappa shape index (κ3) is 3.72. The van der Waals surface area contributed by atoms with Gasteiger partial charge in [0.1, 0.15) is 0 Å². The van der Waals surface area contributed by atoms with Crippen LogP contribution in [0.2, 0.25) is 0 Å². The van der Waals surface area contributed by atoms with Crippen molar-refractivity contribution < 1.29 is 13.3 Å². The van der Waals surface area contributed by atoms with E-state index in [0.717, 1.165) is 5.69 Å². The predicted octanol–water partition coefficient (Wildman–Crippen LogP) is 2.05. The average Bonchev–Trinajstić information content (AvgIpc) is 2.38. The van der Waals surface area contributed by atoms with Crippen molar-refractivity contribution in [2.75, 3.05) is 30.7 Å². The van der Waals surface area contributed by atoms with Gasteiger partial charge < -0.3 is 5.32 Å². The van der Waals surface area contributed by atoms with Gasteiger partial charge in [-0.2, -0.15) is 0 Å². The van der Waals surface area contributed by atoms with Gasteiger partial charge in [0.15, 0.2) is 0 Å². The van der Waals surface area contributed by atoms with Crippen LogP contribution in [0.25, 0.3) is 0 Å². The van der Waals surface area contributed by atoms with Crippen LogP contribution in [0.1, 0.15) is 6.92 Å². The summed E-state index contributed by atoms with van der Waals surface area (Å²) in [5.41, 5.74) is 0.786. The Labute approximate surface area is 131 Å². The fourth-order valence-electron chi connectivity index (χ4n) is 2.08. The van der Waals surface area contributed by atoms with E-state index in [1.165, 1.54) is 16.4 Å². The molecule has 1 fully saturated rings. The minimum atomic E-state index is -3.08. The van der Waals surface area contributed by atoms with Crippen molar-refractivity contribution in [3.8, 4) is 0 Å². The number of sulfonamides is 1. The topological polar surface area (TPSA) is 92.6 Å². The van der Waals surface area contributed by atoms with E-state index in [0.29, 0.717) is 24.1 Å². The molecule has 0 radical (unpaired) electrons. The van der Waals surface area contributed by atoms with Crippen molar-refractivity contribution in [1.82, 2.24) is 4.31 Å². The van der Waals surface area contributed by atoms with Crippen LogP contribution in [0.15, 0.2) is 22.7 Å². The third-order valence-electron chi connectivity index (χ3n) is 3.43. The highest BCUT2D eigenvalue weighted by molar-refractivity contribution is 9.10. The van der Waals surface area contributed by atoms with Gasteiger partial charge >= 0.3 is 0 Å². The van der Waals surface area contributed by atoms with Crippen molar-refractivity contribution in [2.24, 2.45) is 5.92 Å². The maximum absolute atomic E-state index is 11.6. The van der Waals surface area contributed by atoms with Gasteiger partial charge in [-0.15, -0.1) is 0 Å². The number of nitro groups is 1. The van der Waals surface area contributed by atoms with Gasteiger partial charge in [0.2, 0.25) is 10.0 Å². The zero-order chi connectivity index (χ0) is 15.6. The molecule has 2 rings (SSSR count). The molecule has 0 spiro atoms. The van der Waals surface area contributed by atoms with Crippen molar-refractivity contribution >= 4 is 37.3 Å². The molecule has 1 heterocycles. The van der Waals surface area contributed by atoms with Gasteiger partial charge in [-0.05, 0) is 28.9 Å². The molecule has 0 aliphatic carbocycles. The maximum atomic E-state index is 11.6. The second-order valence-corrected chi connectivity index (χ2v) is 8.00. The number of non-ortho nitro benzene ring substituents is 1. The number of hydrogen-bond donors (Lipinski definition) is 1. The summed E-state index contributed by atoms with van der Waals surface area (Å²) in [4.78, 5) is 10.2. The summed E-state index contributed by atoms with van der Waals surface area (Å²) in [6.45, 7) is 3.31. The summed E-state index contributed by atoms with van der Waals surface area (Å²) in [6.07, 6.45) is 0. The second kappa shape index (κ2) is 6.29. The first-order valence-corrected chi connectivity index (χ1v) is 8.89. The Morgan fingerprint density at radius 2 is 2.14 bits per heavy atom. The molecule has 9 heteroatoms. The van der Waals surface area contributed by atoms with Crippen molar-refractivity contribution in [3.05, 3.63) is 32.8 Å². The summed E-state index contributed by atoms with van der Waals surface area (Å²) in [5.74, 6) is 0.384. The molecule has 1 saturated heterocycles. The molecule has 0 bridgehead atoms. The summed E-state index contributed by atoms with van der Waals surface area (Å²) < 4.78 is 25.3. The fourth-order valence-corrected chi connectivity index (χ4v) is 3.82. The number of nitrogens with one attached hydrogen (secondary N) is 1. The molecule has 1 aromatic rings. The van der Waals surface area contributed by atoms with Crippen LogP contribution < -0.4 is 5.32 Å². The third-order valence-corrected chi connectivity index (χ3v) is 5.90. The molecular weight excluding hydrogens is 362 g/mol. The number of halogens is 1. The Morgan fingerprint density at radius 3 is 2.67 bits per heavy atom. The summed E-state index contributed by atoms with van der Waals surface area (Å²) in [6, 6.07) is 4.51. The number of nitro benzene ring substituents is 1. The zero-order valence-corrected chi connectivity index (χ0v) is 13.9. The Balaban J connectivity index is 1.87. The van der Waals surface area contributed by atoms with Crippen LogP contribution in [0.5, 0.6) is 0 Å². The molecule has 0 amide bonds. The molecule has 1 N–H and O–H groups in total. The fraction of sp³-hybridized carbons (Fsp3) is 0.500. The van der Waals surface area contributed by atoms with E-state index >= 15 is 0 Å². The smallest absolute Gasteiger partial charge is 0.270 e. The van der Waals surface area contributed by atoms with Crippen molar-refractivity contribution in [3.63, 3.8) is 0 Å². The van der Waals surface area contributed by atoms with Crippen molar-refractivity contribution in [2.45, 2.75) is 6.92 Å². The Hall–Kier alpha value is -1.19. The van der Waals surface area contributed by atoms with Crippen molar-refractivity contribution in [1.29, 1.82) is 0 Å². The standard InChI is InChI=1S/C12H16BrN3O4S/c1-2-21(19,20)15-7-9(8-15)6-14-12-4-3-10(16(17)18)5-11(12)13/h3-5,9,14H,2,6-8H2,1H3. The van der Waals surface area contributed by atoms with Crippen LogP contribution >= 0.6 is 15.9 Å². The van der Waals surface area contributed by atoms with Gasteiger partial charge in [-0.3, -0.25) is 10.1 Å². The molecule has 116 valence electrons. The lowest BCUT2D eigenvalue weighted by Crippen LogP contribution is -2.52. The monoisotopic (exact) mass is 377 g/mol. The molecule has 21 heavy (non-hydrogen) atoms. The molecule has 1 aliphatic heterocycles. The van der Waals surface area contributed by atoms with Gasteiger partial charge in [0, 0.05) is 47.8 Å². The number of hydrogen-bond acceptors (Lipinski definition) is 5. The number of benzene rings is 1. The van der Waals surface area contributed by atoms with Gasteiger partial charge in [-0.1, -0.05) is 0 Å². The summed E-state index contributed by atoms with van der Waals surface area (Å²) in [7, 11) is -3.08. The Bertz CT molecular complexity index is 644. The molecule has 1 aliphatic rings. The second-order valence-electron chi connectivity index (χ2n) is 4.89. The molecular formula is C12H16BrN3O4S. The van der Waals surface area contributed by atoms with Gasteiger partial charge in [0.25, 0.3) is 5.69 Å². The van der Waals surface area contributed by atoms with E-state index in [1.54, 1.807) is 13.0 Å². The van der Waals surface area contributed by atoms with Gasteiger partial charge in [-0.25, -0.2) is 12.7 Å². The van der Waals surface area contributed by atoms with Crippen LogP contribution in [0.4, 0.5) is 11.4 Å².